The predicted molar refractivity (Wildman–Crippen MR) is 131 cm³/mol. The summed E-state index contributed by atoms with van der Waals surface area (Å²) in [5.74, 6) is 0.896. The average Bonchev–Trinajstić information content (AvgIpc) is 3.36. The minimum Gasteiger partial charge on any atom is -0.376 e. The van der Waals surface area contributed by atoms with E-state index in [-0.39, 0.29) is 17.6 Å². The van der Waals surface area contributed by atoms with E-state index in [0.29, 0.717) is 5.02 Å². The Balaban J connectivity index is 1.23. The number of nitrogens with zero attached hydrogens (tertiary/aromatic N) is 5. The summed E-state index contributed by atoms with van der Waals surface area (Å²) < 4.78 is 7.57. The van der Waals surface area contributed by atoms with Crippen LogP contribution in [0.15, 0.2) is 52.9 Å². The normalized spacial score (nSPS) is 22.1. The van der Waals surface area contributed by atoms with E-state index in [2.05, 4.69) is 32.2 Å². The minimum atomic E-state index is 0.102. The summed E-state index contributed by atoms with van der Waals surface area (Å²) in [4.78, 5) is 12.5. The van der Waals surface area contributed by atoms with Gasteiger partial charge < -0.3 is 20.7 Å². The summed E-state index contributed by atoms with van der Waals surface area (Å²) in [6, 6.07) is 6.00. The first kappa shape index (κ1) is 22.5. The van der Waals surface area contributed by atoms with E-state index in [1.807, 2.05) is 43.8 Å². The molecule has 2 atom stereocenters. The third kappa shape index (κ3) is 4.55. The molecule has 3 N–H and O–H groups in total. The molecule has 1 aromatic carbocycles. The number of nitrogens with one attached hydrogen (secondary N) is 1. The van der Waals surface area contributed by atoms with E-state index >= 15 is 0 Å². The van der Waals surface area contributed by atoms with E-state index in [4.69, 9.17) is 22.1 Å². The third-order valence-electron chi connectivity index (χ3n) is 6.71. The maximum absolute atomic E-state index is 6.66. The molecule has 2 saturated heterocycles. The fraction of sp³-hybridized carbons (Fsp3) is 0.435. The number of aryl methyl sites for hydroxylation is 1. The van der Waals surface area contributed by atoms with Crippen molar-refractivity contribution in [3.05, 3.63) is 48.0 Å². The first-order chi connectivity index (χ1) is 15.9. The molecule has 0 bridgehead atoms. The lowest BCUT2D eigenvalue weighted by Gasteiger charge is -2.41. The Morgan fingerprint density at radius 2 is 2.03 bits per heavy atom. The van der Waals surface area contributed by atoms with Gasteiger partial charge in [0.1, 0.15) is 10.8 Å². The van der Waals surface area contributed by atoms with Gasteiger partial charge in [0.05, 0.1) is 47.7 Å². The van der Waals surface area contributed by atoms with E-state index in [1.165, 1.54) is 11.8 Å². The third-order valence-corrected chi connectivity index (χ3v) is 8.21. The monoisotopic (exact) mass is 485 g/mol. The minimum absolute atomic E-state index is 0.102. The SMILES string of the molecule is C[C@@H]1OCC2(CCN(c3cnc(Sc4cccc(Nc5cnn(C)c5)c4Cl)cn3)CC2)[C@@H]1N. The van der Waals surface area contributed by atoms with E-state index in [0.717, 1.165) is 59.7 Å². The largest absolute Gasteiger partial charge is 0.376 e. The highest BCUT2D eigenvalue weighted by atomic mass is 35.5. The molecule has 0 aliphatic carbocycles. The molecule has 0 unspecified atom stereocenters. The van der Waals surface area contributed by atoms with Gasteiger partial charge in [0.2, 0.25) is 0 Å². The lowest BCUT2D eigenvalue weighted by atomic mass is 9.73. The summed E-state index contributed by atoms with van der Waals surface area (Å²) in [5, 5.41) is 8.93. The van der Waals surface area contributed by atoms with Crippen molar-refractivity contribution in [1.82, 2.24) is 19.7 Å². The van der Waals surface area contributed by atoms with Gasteiger partial charge in [0.25, 0.3) is 0 Å². The molecule has 10 heteroatoms. The van der Waals surface area contributed by atoms with Gasteiger partial charge >= 0.3 is 0 Å². The van der Waals surface area contributed by atoms with Gasteiger partial charge in [-0.2, -0.15) is 5.10 Å². The molecule has 3 aromatic rings. The molecule has 2 fully saturated rings. The van der Waals surface area contributed by atoms with Crippen LogP contribution in [0.1, 0.15) is 19.8 Å². The van der Waals surface area contributed by atoms with Crippen LogP contribution >= 0.6 is 23.4 Å². The lowest BCUT2D eigenvalue weighted by molar-refractivity contribution is 0.0974. The van der Waals surface area contributed by atoms with Gasteiger partial charge in [0.15, 0.2) is 0 Å². The quantitative estimate of drug-likeness (QED) is 0.558. The highest BCUT2D eigenvalue weighted by Crippen LogP contribution is 2.42. The second-order valence-electron chi connectivity index (χ2n) is 8.85. The van der Waals surface area contributed by atoms with Gasteiger partial charge in [-0.25, -0.2) is 9.97 Å². The number of benzene rings is 1. The van der Waals surface area contributed by atoms with Crippen molar-refractivity contribution < 1.29 is 4.74 Å². The molecule has 0 amide bonds. The Kier molecular flexibility index (Phi) is 6.22. The Morgan fingerprint density at radius 1 is 1.21 bits per heavy atom. The Morgan fingerprint density at radius 3 is 2.67 bits per heavy atom. The van der Waals surface area contributed by atoms with Gasteiger partial charge in [-0.05, 0) is 31.9 Å². The Bertz CT molecular complexity index is 1110. The highest BCUT2D eigenvalue weighted by molar-refractivity contribution is 7.99. The molecule has 33 heavy (non-hydrogen) atoms. The summed E-state index contributed by atoms with van der Waals surface area (Å²) in [7, 11) is 1.88. The molecule has 8 nitrogen and oxygen atoms in total. The molecule has 2 aromatic heterocycles. The zero-order valence-corrected chi connectivity index (χ0v) is 20.3. The fourth-order valence-corrected chi connectivity index (χ4v) is 5.69. The standard InChI is InChI=1S/C23H28ClN7OS/c1-15-22(25)23(14-32-15)6-8-31(9-7-23)19-11-27-20(12-26-19)33-18-5-3-4-17(21(18)24)29-16-10-28-30(2)13-16/h3-5,10-13,15,22,29H,6-9,14,25H2,1-2H3/t15-,22+/m0/s1. The first-order valence-electron chi connectivity index (χ1n) is 11.1. The van der Waals surface area contributed by atoms with Crippen LogP contribution in [-0.4, -0.2) is 51.6 Å². The van der Waals surface area contributed by atoms with Gasteiger partial charge in [-0.3, -0.25) is 4.68 Å². The van der Waals surface area contributed by atoms with Gasteiger partial charge in [-0.1, -0.05) is 29.4 Å². The number of piperidine rings is 1. The Hall–Kier alpha value is -2.33. The summed E-state index contributed by atoms with van der Waals surface area (Å²) in [6.07, 6.45) is 9.49. The molecular formula is C23H28ClN7OS. The van der Waals surface area contributed by atoms with E-state index < -0.39 is 0 Å². The molecule has 0 radical (unpaired) electrons. The molecule has 2 aliphatic rings. The van der Waals surface area contributed by atoms with Crippen LogP contribution < -0.4 is 16.0 Å². The van der Waals surface area contributed by atoms with Crippen molar-refractivity contribution in [1.29, 1.82) is 0 Å². The summed E-state index contributed by atoms with van der Waals surface area (Å²) in [6.45, 7) is 4.67. The van der Waals surface area contributed by atoms with Crippen LogP contribution in [0.25, 0.3) is 0 Å². The van der Waals surface area contributed by atoms with Crippen molar-refractivity contribution in [2.45, 2.75) is 41.8 Å². The van der Waals surface area contributed by atoms with Crippen LogP contribution in [0.5, 0.6) is 0 Å². The van der Waals surface area contributed by atoms with Crippen LogP contribution in [0.4, 0.5) is 17.2 Å². The molecule has 174 valence electrons. The summed E-state index contributed by atoms with van der Waals surface area (Å²) >= 11 is 8.16. The topological polar surface area (TPSA) is 94.1 Å². The van der Waals surface area contributed by atoms with Crippen molar-refractivity contribution in [3.8, 4) is 0 Å². The highest BCUT2D eigenvalue weighted by Gasteiger charge is 2.47. The van der Waals surface area contributed by atoms with Crippen molar-refractivity contribution in [2.24, 2.45) is 18.2 Å². The molecule has 5 rings (SSSR count). The van der Waals surface area contributed by atoms with Crippen LogP contribution in [0.2, 0.25) is 5.02 Å². The lowest BCUT2D eigenvalue weighted by Crippen LogP contribution is -2.50. The smallest absolute Gasteiger partial charge is 0.147 e. The second kappa shape index (κ2) is 9.13. The van der Waals surface area contributed by atoms with E-state index in [9.17, 15) is 0 Å². The van der Waals surface area contributed by atoms with Gasteiger partial charge in [-0.15, -0.1) is 0 Å². The summed E-state index contributed by atoms with van der Waals surface area (Å²) in [5.41, 5.74) is 8.25. The number of aromatic nitrogens is 4. The number of anilines is 3. The number of hydrogen-bond donors (Lipinski definition) is 2. The van der Waals surface area contributed by atoms with Crippen LogP contribution in [-0.2, 0) is 11.8 Å². The Labute approximate surface area is 202 Å². The number of hydrogen-bond acceptors (Lipinski definition) is 8. The molecule has 1 spiro atoms. The number of halogens is 1. The van der Waals surface area contributed by atoms with Gasteiger partial charge in [0, 0.05) is 42.7 Å². The zero-order valence-electron chi connectivity index (χ0n) is 18.7. The number of ether oxygens (including phenoxy) is 1. The predicted octanol–water partition coefficient (Wildman–Crippen LogP) is 4.09. The molecular weight excluding hydrogens is 458 g/mol. The van der Waals surface area contributed by atoms with E-state index in [1.54, 1.807) is 10.9 Å². The van der Waals surface area contributed by atoms with Crippen molar-refractivity contribution in [3.63, 3.8) is 0 Å². The maximum Gasteiger partial charge on any atom is 0.147 e. The van der Waals surface area contributed by atoms with Crippen LogP contribution in [0.3, 0.4) is 0 Å². The molecule has 0 saturated carbocycles. The number of nitrogens with two attached hydrogens (primary N) is 1. The zero-order chi connectivity index (χ0) is 23.0. The number of rotatable bonds is 5. The van der Waals surface area contributed by atoms with Crippen LogP contribution in [0, 0.1) is 5.41 Å². The van der Waals surface area contributed by atoms with Crippen molar-refractivity contribution >= 4 is 40.6 Å². The molecule has 2 aliphatic heterocycles. The fourth-order valence-electron chi connectivity index (χ4n) is 4.62. The molecule has 4 heterocycles. The maximum atomic E-state index is 6.66. The first-order valence-corrected chi connectivity index (χ1v) is 12.3. The second-order valence-corrected chi connectivity index (χ2v) is 10.3. The average molecular weight is 486 g/mol. The van der Waals surface area contributed by atoms with Crippen molar-refractivity contribution in [2.75, 3.05) is 29.9 Å².